The van der Waals surface area contributed by atoms with Crippen LogP contribution < -0.4 is 10.6 Å². The van der Waals surface area contributed by atoms with Crippen LogP contribution in [0.25, 0.3) is 0 Å². The number of ether oxygens (including phenoxy) is 1. The molecule has 0 aromatic heterocycles. The Morgan fingerprint density at radius 3 is 2.45 bits per heavy atom. The second-order valence-corrected chi connectivity index (χ2v) is 8.15. The van der Waals surface area contributed by atoms with E-state index in [2.05, 4.69) is 76.0 Å². The van der Waals surface area contributed by atoms with Gasteiger partial charge in [-0.2, -0.15) is 0 Å². The molecule has 0 saturated carbocycles. The minimum atomic E-state index is 0.710. The van der Waals surface area contributed by atoms with Crippen molar-refractivity contribution < 1.29 is 4.74 Å². The van der Waals surface area contributed by atoms with Crippen molar-refractivity contribution in [3.05, 3.63) is 41.5 Å². The third-order valence-electron chi connectivity index (χ3n) is 5.46. The van der Waals surface area contributed by atoms with Crippen molar-refractivity contribution in [2.45, 2.75) is 13.3 Å². The summed E-state index contributed by atoms with van der Waals surface area (Å²) in [5, 5.41) is 0. The standard InChI is InChI=1S/C17H22N4.C7H18N2O/c1-14-7-8-18-17(19-13-14)15-3-5-16(6-4-15)21-11-9-20(2)10-12-21;1-9(5-3-4-8)6-7-10-2/h3-7,13H,8-12H2,1-2H3;3-8H2,1-2H3. The van der Waals surface area contributed by atoms with E-state index in [9.17, 15) is 0 Å². The molecule has 0 aliphatic carbocycles. The minimum Gasteiger partial charge on any atom is -0.383 e. The van der Waals surface area contributed by atoms with E-state index in [-0.39, 0.29) is 0 Å². The summed E-state index contributed by atoms with van der Waals surface area (Å²) in [4.78, 5) is 16.0. The molecule has 172 valence electrons. The van der Waals surface area contributed by atoms with Crippen molar-refractivity contribution in [1.29, 1.82) is 0 Å². The Morgan fingerprint density at radius 2 is 1.81 bits per heavy atom. The van der Waals surface area contributed by atoms with Gasteiger partial charge in [0, 0.05) is 57.3 Å². The van der Waals surface area contributed by atoms with Crippen LogP contribution in [0.1, 0.15) is 18.9 Å². The largest absolute Gasteiger partial charge is 0.383 e. The number of hydrogen-bond donors (Lipinski definition) is 1. The maximum atomic E-state index is 5.35. The lowest BCUT2D eigenvalue weighted by Gasteiger charge is -2.34. The lowest BCUT2D eigenvalue weighted by atomic mass is 10.1. The van der Waals surface area contributed by atoms with E-state index in [0.29, 0.717) is 6.54 Å². The highest BCUT2D eigenvalue weighted by Crippen LogP contribution is 2.18. The lowest BCUT2D eigenvalue weighted by Crippen LogP contribution is -2.44. The topological polar surface area (TPSA) is 69.7 Å². The van der Waals surface area contributed by atoms with Crippen LogP contribution in [0, 0.1) is 0 Å². The van der Waals surface area contributed by atoms with Crippen molar-refractivity contribution in [3.63, 3.8) is 0 Å². The number of nitrogens with zero attached hydrogens (tertiary/aromatic N) is 5. The van der Waals surface area contributed by atoms with Gasteiger partial charge in [0.1, 0.15) is 0 Å². The second-order valence-electron chi connectivity index (χ2n) is 8.15. The van der Waals surface area contributed by atoms with E-state index in [1.165, 1.54) is 11.3 Å². The summed E-state index contributed by atoms with van der Waals surface area (Å²) in [5.74, 6) is 0.827. The number of nitrogens with two attached hydrogens (primary N) is 1. The zero-order valence-corrected chi connectivity index (χ0v) is 19.8. The van der Waals surface area contributed by atoms with Crippen molar-refractivity contribution in [1.82, 2.24) is 9.80 Å². The Kier molecular flexibility index (Phi) is 11.5. The highest BCUT2D eigenvalue weighted by Gasteiger charge is 2.14. The van der Waals surface area contributed by atoms with Gasteiger partial charge >= 0.3 is 0 Å². The third-order valence-corrected chi connectivity index (χ3v) is 5.46. The molecule has 1 saturated heterocycles. The summed E-state index contributed by atoms with van der Waals surface area (Å²) in [6.07, 6.45) is 5.05. The quantitative estimate of drug-likeness (QED) is 0.687. The zero-order valence-electron chi connectivity index (χ0n) is 19.8. The number of likely N-dealkylation sites (N-methyl/N-ethyl adjacent to an activating group) is 2. The van der Waals surface area contributed by atoms with Gasteiger partial charge in [0.05, 0.1) is 13.2 Å². The summed E-state index contributed by atoms with van der Waals surface area (Å²) in [6.45, 7) is 10.9. The number of allylic oxidation sites excluding steroid dienone is 1. The van der Waals surface area contributed by atoms with E-state index >= 15 is 0 Å². The normalized spacial score (nSPS) is 17.0. The Morgan fingerprint density at radius 1 is 1.10 bits per heavy atom. The molecule has 3 rings (SSSR count). The molecule has 2 aliphatic rings. The molecule has 7 nitrogen and oxygen atoms in total. The summed E-state index contributed by atoms with van der Waals surface area (Å²) in [5.41, 5.74) is 8.90. The van der Waals surface area contributed by atoms with Crippen molar-refractivity contribution in [2.75, 3.05) is 85.1 Å². The van der Waals surface area contributed by atoms with Gasteiger partial charge in [-0.25, -0.2) is 4.99 Å². The van der Waals surface area contributed by atoms with Crippen LogP contribution in [-0.4, -0.2) is 102 Å². The summed E-state index contributed by atoms with van der Waals surface area (Å²) >= 11 is 0. The fraction of sp³-hybridized carbons (Fsp3) is 0.583. The van der Waals surface area contributed by atoms with Crippen LogP contribution in [-0.2, 0) is 4.74 Å². The number of methoxy groups -OCH3 is 1. The van der Waals surface area contributed by atoms with Crippen LogP contribution in [0.3, 0.4) is 0 Å². The predicted molar refractivity (Wildman–Crippen MR) is 133 cm³/mol. The van der Waals surface area contributed by atoms with Crippen LogP contribution in [0.4, 0.5) is 5.69 Å². The molecule has 0 spiro atoms. The molecule has 0 unspecified atom stereocenters. The molecule has 2 N–H and O–H groups in total. The van der Waals surface area contributed by atoms with Gasteiger partial charge < -0.3 is 25.2 Å². The van der Waals surface area contributed by atoms with Crippen LogP contribution in [0.5, 0.6) is 0 Å². The number of piperazine rings is 1. The zero-order chi connectivity index (χ0) is 22.5. The number of hydrogen-bond acceptors (Lipinski definition) is 7. The first-order valence-corrected chi connectivity index (χ1v) is 11.2. The smallest absolute Gasteiger partial charge is 0.154 e. The van der Waals surface area contributed by atoms with Gasteiger partial charge in [0.15, 0.2) is 5.84 Å². The Hall–Kier alpha value is -2.06. The fourth-order valence-electron chi connectivity index (χ4n) is 3.30. The Bertz CT molecular complexity index is 712. The molecule has 0 atom stereocenters. The van der Waals surface area contributed by atoms with E-state index in [0.717, 1.165) is 70.2 Å². The Labute approximate surface area is 188 Å². The molecule has 2 aliphatic heterocycles. The van der Waals surface area contributed by atoms with Gasteiger partial charge in [0.25, 0.3) is 0 Å². The highest BCUT2D eigenvalue weighted by molar-refractivity contribution is 6.05. The lowest BCUT2D eigenvalue weighted by molar-refractivity contribution is 0.161. The first-order chi connectivity index (χ1) is 15.0. The first-order valence-electron chi connectivity index (χ1n) is 11.2. The molecule has 1 aromatic carbocycles. The van der Waals surface area contributed by atoms with Gasteiger partial charge in [0.2, 0.25) is 0 Å². The molecule has 0 amide bonds. The van der Waals surface area contributed by atoms with Crippen LogP contribution >= 0.6 is 0 Å². The van der Waals surface area contributed by atoms with Crippen LogP contribution in [0.15, 0.2) is 45.9 Å². The van der Waals surface area contributed by atoms with E-state index < -0.39 is 0 Å². The van der Waals surface area contributed by atoms with Crippen molar-refractivity contribution >= 4 is 17.7 Å². The SMILES string of the molecule is CC1=CCN=C(c2ccc(N3CCN(C)CC3)cc2)N=C1.COCCN(C)CCCN. The maximum absolute atomic E-state index is 5.35. The third kappa shape index (κ3) is 9.31. The van der Waals surface area contributed by atoms with E-state index in [4.69, 9.17) is 10.5 Å². The van der Waals surface area contributed by atoms with E-state index in [1.54, 1.807) is 7.11 Å². The number of aliphatic imine (C=N–C) groups is 2. The highest BCUT2D eigenvalue weighted by atomic mass is 16.5. The predicted octanol–water partition coefficient (Wildman–Crippen LogP) is 2.13. The molecule has 1 fully saturated rings. The monoisotopic (exact) mass is 428 g/mol. The molecule has 0 radical (unpaired) electrons. The van der Waals surface area contributed by atoms with Gasteiger partial charge in [-0.3, -0.25) is 4.99 Å². The molecular weight excluding hydrogens is 388 g/mol. The molecule has 31 heavy (non-hydrogen) atoms. The van der Waals surface area contributed by atoms with Gasteiger partial charge in [-0.1, -0.05) is 6.08 Å². The summed E-state index contributed by atoms with van der Waals surface area (Å²) in [6, 6.07) is 8.63. The molecular formula is C24H40N6O. The van der Waals surface area contributed by atoms with Crippen LogP contribution in [0.2, 0.25) is 0 Å². The van der Waals surface area contributed by atoms with Gasteiger partial charge in [-0.05, 0) is 70.4 Å². The van der Waals surface area contributed by atoms with Crippen molar-refractivity contribution in [3.8, 4) is 0 Å². The average molecular weight is 429 g/mol. The second kappa shape index (κ2) is 14.1. The minimum absolute atomic E-state index is 0.710. The molecule has 7 heteroatoms. The van der Waals surface area contributed by atoms with Gasteiger partial charge in [-0.15, -0.1) is 0 Å². The first kappa shape index (κ1) is 25.2. The number of benzene rings is 1. The summed E-state index contributed by atoms with van der Waals surface area (Å²) < 4.78 is 4.92. The Balaban J connectivity index is 0.000000291. The molecule has 2 heterocycles. The molecule has 1 aromatic rings. The number of rotatable bonds is 8. The number of anilines is 1. The van der Waals surface area contributed by atoms with E-state index in [1.807, 2.05) is 6.21 Å². The number of amidine groups is 1. The summed E-state index contributed by atoms with van der Waals surface area (Å²) in [7, 11) is 5.98. The van der Waals surface area contributed by atoms with Crippen molar-refractivity contribution in [2.24, 2.45) is 15.7 Å². The maximum Gasteiger partial charge on any atom is 0.154 e. The fourth-order valence-corrected chi connectivity index (χ4v) is 3.30. The molecule has 0 bridgehead atoms. The average Bonchev–Trinajstić information content (AvgIpc) is 3.02.